The molecule has 7 rings (SSSR count). The molecule has 5 aliphatic heterocycles. The summed E-state index contributed by atoms with van der Waals surface area (Å²) >= 11 is 0. The summed E-state index contributed by atoms with van der Waals surface area (Å²) in [5.41, 5.74) is 11.9. The van der Waals surface area contributed by atoms with Gasteiger partial charge in [-0.05, 0) is 138 Å². The van der Waals surface area contributed by atoms with Crippen molar-refractivity contribution in [2.45, 2.75) is 212 Å². The number of aliphatic hydroxyl groups excluding tert-OH is 1. The van der Waals surface area contributed by atoms with Crippen LogP contribution in [0.15, 0.2) is 65.8 Å². The summed E-state index contributed by atoms with van der Waals surface area (Å²) in [5, 5.41) is 23.9. The van der Waals surface area contributed by atoms with Crippen LogP contribution in [0, 0.1) is 29.6 Å². The van der Waals surface area contributed by atoms with Crippen molar-refractivity contribution in [2.75, 3.05) is 85.8 Å². The summed E-state index contributed by atoms with van der Waals surface area (Å²) in [4.78, 5) is 91.8. The molecule has 3 saturated heterocycles. The molecule has 0 unspecified atom stereocenters. The Morgan fingerprint density at radius 2 is 1.53 bits per heavy atom. The van der Waals surface area contributed by atoms with E-state index in [9.17, 15) is 39.0 Å². The Balaban J connectivity index is 1.06. The first-order chi connectivity index (χ1) is 43.5. The number of methoxy groups -OCH3 is 4. The molecule has 1 aliphatic carbocycles. The largest absolute Gasteiger partial charge is 0.459 e. The van der Waals surface area contributed by atoms with Crippen LogP contribution in [-0.2, 0) is 74.8 Å². The minimum Gasteiger partial charge on any atom is -0.459 e. The highest BCUT2D eigenvalue weighted by atomic mass is 16.6. The molecule has 16 atom stereocenters. The molecule has 1 aromatic rings. The number of hydrogen-bond acceptors (Lipinski definition) is 18. The minimum atomic E-state index is -2.46. The predicted octanol–water partition coefficient (Wildman–Crippen LogP) is 7.60. The molecule has 5 heterocycles. The fourth-order valence-electron chi connectivity index (χ4n) is 14.2. The van der Waals surface area contributed by atoms with E-state index in [1.165, 1.54) is 17.6 Å². The number of nitrogens with two attached hydrogens (primary N) is 1. The molecule has 91 heavy (non-hydrogen) atoms. The molecule has 2 bridgehead atoms. The molecule has 0 radical (unpaired) electrons. The van der Waals surface area contributed by atoms with Crippen LogP contribution in [0.1, 0.15) is 143 Å². The highest BCUT2D eigenvalue weighted by molar-refractivity contribution is 6.39. The van der Waals surface area contributed by atoms with Gasteiger partial charge in [0.05, 0.1) is 37.4 Å². The Labute approximate surface area is 540 Å². The topological polar surface area (TPSA) is 256 Å². The average molecular weight is 1270 g/mol. The van der Waals surface area contributed by atoms with E-state index in [-0.39, 0.29) is 42.9 Å². The van der Waals surface area contributed by atoms with E-state index < -0.39 is 108 Å². The van der Waals surface area contributed by atoms with Crippen molar-refractivity contribution in [1.29, 1.82) is 0 Å². The molecule has 21 heteroatoms. The Hall–Kier alpha value is -5.36. The van der Waals surface area contributed by atoms with Gasteiger partial charge >= 0.3 is 12.1 Å². The fraction of sp³-hybridized carbons (Fsp3) is 0.714. The number of fused-ring (bicyclic) bond motifs is 4. The van der Waals surface area contributed by atoms with Gasteiger partial charge in [-0.2, -0.15) is 0 Å². The molecular formula is C70H107N5O16. The number of ketones is 2. The average Bonchev–Trinajstić information content (AvgIpc) is 0.992. The van der Waals surface area contributed by atoms with Gasteiger partial charge < -0.3 is 73.4 Å². The second-order valence-electron chi connectivity index (χ2n) is 26.5. The van der Waals surface area contributed by atoms with Gasteiger partial charge in [-0.15, -0.1) is 0 Å². The van der Waals surface area contributed by atoms with Crippen LogP contribution in [0.5, 0.6) is 0 Å². The summed E-state index contributed by atoms with van der Waals surface area (Å²) in [5.74, 6) is -7.14. The molecule has 1 aromatic carbocycles. The lowest BCUT2D eigenvalue weighted by atomic mass is 9.80. The number of anilines is 1. The molecule has 21 nitrogen and oxygen atoms in total. The number of amides is 3. The molecule has 4 fully saturated rings. The summed E-state index contributed by atoms with van der Waals surface area (Å²) in [6.45, 7) is 17.8. The molecule has 508 valence electrons. The minimum absolute atomic E-state index is 0.0113. The van der Waals surface area contributed by atoms with Crippen molar-refractivity contribution in [1.82, 2.24) is 14.7 Å². The molecule has 0 aromatic heterocycles. The lowest BCUT2D eigenvalue weighted by molar-refractivity contribution is -0.265. The van der Waals surface area contributed by atoms with E-state index in [0.717, 1.165) is 29.9 Å². The third kappa shape index (κ3) is 19.2. The molecule has 6 aliphatic rings. The van der Waals surface area contributed by atoms with Gasteiger partial charge in [-0.25, -0.2) is 9.59 Å². The lowest BCUT2D eigenvalue weighted by Crippen LogP contribution is -2.61. The number of piperazine rings is 1. The Morgan fingerprint density at radius 1 is 0.780 bits per heavy atom. The number of cyclic esters (lactones) is 1. The second kappa shape index (κ2) is 34.7. The van der Waals surface area contributed by atoms with Gasteiger partial charge in [-0.1, -0.05) is 70.2 Å². The SMILES string of the molecule is CCOCCC(=O)N1CCN(c2ccc3c(c2)CCN(C(=O)O[C@@H]2CC[C@@H](C[C@@H](N)[C@@H]4C[C@@H](OC)[C@H](C)/C=C(\C)[C@@H](O)[C@@H](OC)C(=O)[C@H](C)C[C@H](C)/C=C/C=C/C=C(\C)[C@@H](OC)C[C@@H]5CC[C@@H](C)[C@@](O)(O5)C(=O)C(=O)N5CCCC[C@H]5C(=O)O4)C[C@H]2OC)C3)CC1. The van der Waals surface area contributed by atoms with Crippen molar-refractivity contribution >= 4 is 41.1 Å². The number of hydrogen-bond donors (Lipinski definition) is 3. The third-order valence-corrected chi connectivity index (χ3v) is 20.0. The summed E-state index contributed by atoms with van der Waals surface area (Å²) in [7, 11) is 6.14. The maximum atomic E-state index is 14.9. The van der Waals surface area contributed by atoms with E-state index in [1.807, 2.05) is 76.0 Å². The van der Waals surface area contributed by atoms with Crippen molar-refractivity contribution < 1.29 is 76.9 Å². The quantitative estimate of drug-likeness (QED) is 0.0744. The number of nitrogens with zero attached hydrogens (tertiary/aromatic N) is 4. The van der Waals surface area contributed by atoms with E-state index >= 15 is 0 Å². The number of Topliss-reactive ketones (excluding diaryl/α,β-unsaturated/α-hetero) is 2. The van der Waals surface area contributed by atoms with Crippen LogP contribution < -0.4 is 10.6 Å². The Kier molecular flexibility index (Phi) is 27.9. The molecule has 4 N–H and O–H groups in total. The number of benzene rings is 1. The molecule has 3 amide bonds. The van der Waals surface area contributed by atoms with Crippen molar-refractivity contribution in [3.05, 3.63) is 76.9 Å². The first kappa shape index (κ1) is 73.1. The Bertz CT molecular complexity index is 2730. The van der Waals surface area contributed by atoms with Crippen LogP contribution in [0.25, 0.3) is 0 Å². The highest BCUT2D eigenvalue weighted by Gasteiger charge is 2.53. The number of carbonyl (C=O) groups is 6. The zero-order valence-electron chi connectivity index (χ0n) is 56.1. The van der Waals surface area contributed by atoms with E-state index in [4.69, 9.17) is 43.6 Å². The monoisotopic (exact) mass is 1270 g/mol. The number of esters is 1. The van der Waals surface area contributed by atoms with Crippen molar-refractivity contribution in [3.63, 3.8) is 0 Å². The van der Waals surface area contributed by atoms with Gasteiger partial charge in [0.2, 0.25) is 11.7 Å². The normalized spacial score (nSPS) is 34.7. The number of carbonyl (C=O) groups excluding carboxylic acids is 6. The number of aliphatic hydroxyl groups is 2. The van der Waals surface area contributed by atoms with Crippen LogP contribution in [0.2, 0.25) is 0 Å². The van der Waals surface area contributed by atoms with Gasteiger partial charge in [0, 0.05) is 123 Å². The molecular weight excluding hydrogens is 1170 g/mol. The standard InChI is InChI=1S/C70H107N5O16/c1-12-88-35-28-62(76)73-33-31-72(32-34-73)53-24-23-52-43-74(30-27-51(52)40-53)69(82)90-57-26-22-50(39-61(57)86-10)38-55(71)60-42-59(85-9)46(4)37-48(6)64(78)65(87-11)63(77)47(5)36-44(2)18-14-13-15-19-45(3)58(84-8)41-54-25-21-49(7)70(83,91-54)66(79)67(80)75-29-17-16-20-56(75)68(81)89-60/h13-15,18-19,23-24,37,40,44,46-47,49-50,54-61,64-65,78,83H,12,16-17,20-22,25-36,38-39,41-43,71H2,1-11H3/b15-13+,18-14+,45-19+,48-37+/t44-,46-,47-,49-,50+,54+,55-,56+,57-,58+,59-,60+,61-,64-,65+,70-/m1/s1. The van der Waals surface area contributed by atoms with Crippen LogP contribution in [0.4, 0.5) is 10.5 Å². The van der Waals surface area contributed by atoms with E-state index in [2.05, 4.69) is 23.1 Å². The first-order valence-corrected chi connectivity index (χ1v) is 33.5. The summed E-state index contributed by atoms with van der Waals surface area (Å²) in [6, 6.07) is 4.42. The zero-order chi connectivity index (χ0) is 66.1. The predicted molar refractivity (Wildman–Crippen MR) is 344 cm³/mol. The van der Waals surface area contributed by atoms with E-state index in [1.54, 1.807) is 40.1 Å². The van der Waals surface area contributed by atoms with Crippen LogP contribution in [0.3, 0.4) is 0 Å². The van der Waals surface area contributed by atoms with Crippen molar-refractivity contribution in [3.8, 4) is 0 Å². The highest BCUT2D eigenvalue weighted by Crippen LogP contribution is 2.38. The second-order valence-corrected chi connectivity index (χ2v) is 26.5. The van der Waals surface area contributed by atoms with Gasteiger partial charge in [0.25, 0.3) is 11.7 Å². The third-order valence-electron chi connectivity index (χ3n) is 20.0. The maximum Gasteiger partial charge on any atom is 0.410 e. The van der Waals surface area contributed by atoms with E-state index in [0.29, 0.717) is 122 Å². The zero-order valence-corrected chi connectivity index (χ0v) is 56.1. The number of ether oxygens (including phenoxy) is 8. The van der Waals surface area contributed by atoms with Gasteiger partial charge in [-0.3, -0.25) is 19.2 Å². The number of piperidine rings is 1. The summed E-state index contributed by atoms with van der Waals surface area (Å²) in [6.07, 6.45) is 11.1. The molecule has 1 saturated carbocycles. The first-order valence-electron chi connectivity index (χ1n) is 33.5. The number of rotatable bonds is 13. The van der Waals surface area contributed by atoms with Gasteiger partial charge in [0.15, 0.2) is 5.78 Å². The number of allylic oxidation sites excluding steroid dienone is 5. The van der Waals surface area contributed by atoms with Crippen LogP contribution in [-0.4, -0.2) is 208 Å². The van der Waals surface area contributed by atoms with Crippen molar-refractivity contribution in [2.24, 2.45) is 35.3 Å². The molecule has 0 spiro atoms. The Morgan fingerprint density at radius 3 is 2.23 bits per heavy atom. The lowest BCUT2D eigenvalue weighted by Gasteiger charge is -2.43. The fourth-order valence-corrected chi connectivity index (χ4v) is 14.2. The van der Waals surface area contributed by atoms with Crippen LogP contribution >= 0.6 is 0 Å². The maximum absolute atomic E-state index is 14.9. The van der Waals surface area contributed by atoms with Gasteiger partial charge in [0.1, 0.15) is 30.5 Å². The smallest absolute Gasteiger partial charge is 0.410 e. The summed E-state index contributed by atoms with van der Waals surface area (Å²) < 4.78 is 48.2.